The van der Waals surface area contributed by atoms with Gasteiger partial charge in [-0.25, -0.2) is 10.2 Å². The number of ether oxygens (including phenoxy) is 2. The van der Waals surface area contributed by atoms with Crippen molar-refractivity contribution in [3.63, 3.8) is 0 Å². The highest BCUT2D eigenvalue weighted by molar-refractivity contribution is 14.1. The highest BCUT2D eigenvalue weighted by atomic mass is 127. The molecular weight excluding hydrogens is 523 g/mol. The molecule has 0 saturated heterocycles. The van der Waals surface area contributed by atoms with Gasteiger partial charge < -0.3 is 13.9 Å². The van der Waals surface area contributed by atoms with E-state index in [1.54, 1.807) is 55.6 Å². The maximum absolute atomic E-state index is 12.2. The smallest absolute Gasteiger partial charge is 0.339 e. The predicted octanol–water partition coefficient (Wildman–Crippen LogP) is 4.76. The molecule has 2 aromatic carbocycles. The van der Waals surface area contributed by atoms with Crippen LogP contribution in [0.2, 0.25) is 5.02 Å². The number of carbonyl (C=O) groups excluding carboxylic acids is 2. The number of hydrogen-bond donors (Lipinski definition) is 1. The molecule has 9 heteroatoms. The zero-order chi connectivity index (χ0) is 21.7. The van der Waals surface area contributed by atoms with E-state index in [1.165, 1.54) is 13.3 Å². The van der Waals surface area contributed by atoms with Crippen LogP contribution >= 0.6 is 34.2 Å². The molecule has 0 fully saturated rings. The Hall–Kier alpha value is -2.85. The van der Waals surface area contributed by atoms with E-state index in [1.807, 2.05) is 0 Å². The number of furan rings is 1. The Kier molecular flexibility index (Phi) is 7.11. The fourth-order valence-corrected chi connectivity index (χ4v) is 3.35. The lowest BCUT2D eigenvalue weighted by Gasteiger charge is -2.05. The van der Waals surface area contributed by atoms with Gasteiger partial charge in [0, 0.05) is 11.1 Å². The van der Waals surface area contributed by atoms with Crippen LogP contribution in [0.15, 0.2) is 58.0 Å². The molecule has 0 aliphatic heterocycles. The first kappa shape index (κ1) is 21.8. The molecule has 0 aliphatic rings. The van der Waals surface area contributed by atoms with Crippen molar-refractivity contribution in [3.8, 4) is 17.1 Å². The molecule has 1 N–H and O–H groups in total. The van der Waals surface area contributed by atoms with Gasteiger partial charge in [-0.3, -0.25) is 4.79 Å². The second-order valence-corrected chi connectivity index (χ2v) is 7.51. The molecule has 0 unspecified atom stereocenters. The summed E-state index contributed by atoms with van der Waals surface area (Å²) in [6.45, 7) is 0. The number of benzene rings is 2. The van der Waals surface area contributed by atoms with E-state index in [4.69, 9.17) is 20.8 Å². The lowest BCUT2D eigenvalue weighted by atomic mass is 10.1. The van der Waals surface area contributed by atoms with Gasteiger partial charge in [0.05, 0.1) is 34.6 Å². The van der Waals surface area contributed by atoms with Gasteiger partial charge in [0.2, 0.25) is 0 Å². The Bertz CT molecular complexity index is 1130. The molecule has 0 atom stereocenters. The van der Waals surface area contributed by atoms with E-state index < -0.39 is 5.97 Å². The van der Waals surface area contributed by atoms with Crippen molar-refractivity contribution < 1.29 is 23.5 Å². The number of hydrazone groups is 1. The normalized spacial score (nSPS) is 10.8. The van der Waals surface area contributed by atoms with Gasteiger partial charge in [-0.15, -0.1) is 0 Å². The first-order chi connectivity index (χ1) is 14.4. The van der Waals surface area contributed by atoms with Gasteiger partial charge >= 0.3 is 5.97 Å². The van der Waals surface area contributed by atoms with Gasteiger partial charge in [0.15, 0.2) is 0 Å². The summed E-state index contributed by atoms with van der Waals surface area (Å²) in [5, 5.41) is 4.18. The van der Waals surface area contributed by atoms with Crippen molar-refractivity contribution in [2.45, 2.75) is 0 Å². The van der Waals surface area contributed by atoms with E-state index in [2.05, 4.69) is 37.9 Å². The highest BCUT2D eigenvalue weighted by Gasteiger charge is 2.13. The number of methoxy groups -OCH3 is 2. The maximum Gasteiger partial charge on any atom is 0.339 e. The van der Waals surface area contributed by atoms with Crippen molar-refractivity contribution >= 4 is 52.3 Å². The number of nitrogens with zero attached hydrogens (tertiary/aromatic N) is 1. The van der Waals surface area contributed by atoms with Crippen molar-refractivity contribution in [2.75, 3.05) is 14.2 Å². The zero-order valence-electron chi connectivity index (χ0n) is 15.9. The SMILES string of the molecule is COC(=O)c1ccc(-c2ccc(/C=N\NC(=O)c3ccc(I)c(OC)c3)o2)cc1Cl. The van der Waals surface area contributed by atoms with Crippen LogP contribution < -0.4 is 10.2 Å². The molecule has 0 saturated carbocycles. The van der Waals surface area contributed by atoms with Crippen molar-refractivity contribution in [2.24, 2.45) is 5.10 Å². The van der Waals surface area contributed by atoms with Gasteiger partial charge in [-0.1, -0.05) is 17.7 Å². The van der Waals surface area contributed by atoms with Crippen molar-refractivity contribution in [1.82, 2.24) is 5.43 Å². The fraction of sp³-hybridized carbons (Fsp3) is 0.0952. The summed E-state index contributed by atoms with van der Waals surface area (Å²) < 4.78 is 16.5. The second kappa shape index (κ2) is 9.77. The summed E-state index contributed by atoms with van der Waals surface area (Å²) in [6.07, 6.45) is 1.38. The summed E-state index contributed by atoms with van der Waals surface area (Å²) in [6, 6.07) is 13.4. The van der Waals surface area contributed by atoms with Crippen LogP contribution in [-0.2, 0) is 4.74 Å². The van der Waals surface area contributed by atoms with E-state index in [-0.39, 0.29) is 16.5 Å². The Morgan fingerprint density at radius 3 is 2.63 bits per heavy atom. The lowest BCUT2D eigenvalue weighted by molar-refractivity contribution is 0.0600. The van der Waals surface area contributed by atoms with Gasteiger partial charge in [0.25, 0.3) is 5.91 Å². The third-order valence-electron chi connectivity index (χ3n) is 4.06. The van der Waals surface area contributed by atoms with Crippen molar-refractivity contribution in [3.05, 3.63) is 74.0 Å². The van der Waals surface area contributed by atoms with Crippen LogP contribution in [0.1, 0.15) is 26.5 Å². The average molecular weight is 539 g/mol. The number of halogens is 2. The average Bonchev–Trinajstić information content (AvgIpc) is 3.22. The molecule has 30 heavy (non-hydrogen) atoms. The maximum atomic E-state index is 12.2. The molecule has 0 aliphatic carbocycles. The number of nitrogens with one attached hydrogen (secondary N) is 1. The molecule has 1 aromatic heterocycles. The number of carbonyl (C=O) groups is 2. The monoisotopic (exact) mass is 538 g/mol. The Morgan fingerprint density at radius 2 is 1.93 bits per heavy atom. The standard InChI is InChI=1S/C21H16ClIN2O5/c1-28-19-10-13(4-7-17(19)23)20(26)25-24-11-14-5-8-18(30-14)12-3-6-15(16(22)9-12)21(27)29-2/h3-11H,1-2H3,(H,25,26)/b24-11-. The van der Waals surface area contributed by atoms with Crippen molar-refractivity contribution in [1.29, 1.82) is 0 Å². The Morgan fingerprint density at radius 1 is 1.13 bits per heavy atom. The minimum Gasteiger partial charge on any atom is -0.496 e. The molecule has 3 rings (SSSR count). The Labute approximate surface area is 191 Å². The molecular formula is C21H16ClIN2O5. The van der Waals surface area contributed by atoms with Gasteiger partial charge in [-0.2, -0.15) is 5.10 Å². The molecule has 1 amide bonds. The van der Waals surface area contributed by atoms with E-state index >= 15 is 0 Å². The van der Waals surface area contributed by atoms with E-state index in [0.29, 0.717) is 28.4 Å². The third-order valence-corrected chi connectivity index (χ3v) is 5.26. The van der Waals surface area contributed by atoms with Crippen LogP contribution in [-0.4, -0.2) is 32.3 Å². The minimum atomic E-state index is -0.514. The van der Waals surface area contributed by atoms with Crippen LogP contribution in [0.3, 0.4) is 0 Å². The number of hydrogen-bond acceptors (Lipinski definition) is 6. The predicted molar refractivity (Wildman–Crippen MR) is 121 cm³/mol. The topological polar surface area (TPSA) is 90.1 Å². The third kappa shape index (κ3) is 5.00. The minimum absolute atomic E-state index is 0.256. The van der Waals surface area contributed by atoms with E-state index in [9.17, 15) is 9.59 Å². The molecule has 7 nitrogen and oxygen atoms in total. The molecule has 154 valence electrons. The number of rotatable bonds is 6. The lowest BCUT2D eigenvalue weighted by Crippen LogP contribution is -2.17. The molecule has 1 heterocycles. The molecule has 3 aromatic rings. The number of amides is 1. The quantitative estimate of drug-likeness (QED) is 0.211. The largest absolute Gasteiger partial charge is 0.496 e. The summed E-state index contributed by atoms with van der Waals surface area (Å²) in [7, 11) is 2.83. The van der Waals surface area contributed by atoms with E-state index in [0.717, 1.165) is 3.57 Å². The summed E-state index contributed by atoms with van der Waals surface area (Å²) in [4.78, 5) is 23.8. The van der Waals surface area contributed by atoms with Gasteiger partial charge in [-0.05, 0) is 65.1 Å². The number of esters is 1. The molecule has 0 radical (unpaired) electrons. The first-order valence-corrected chi connectivity index (χ1v) is 10.0. The second-order valence-electron chi connectivity index (χ2n) is 5.94. The highest BCUT2D eigenvalue weighted by Crippen LogP contribution is 2.27. The summed E-state index contributed by atoms with van der Waals surface area (Å²) >= 11 is 8.26. The van der Waals surface area contributed by atoms with Gasteiger partial charge in [0.1, 0.15) is 17.3 Å². The summed E-state index contributed by atoms with van der Waals surface area (Å²) in [5.74, 6) is 0.681. The van der Waals surface area contributed by atoms with Crippen LogP contribution in [0.5, 0.6) is 5.75 Å². The van der Waals surface area contributed by atoms with Crippen LogP contribution in [0, 0.1) is 3.57 Å². The molecule has 0 bridgehead atoms. The van der Waals surface area contributed by atoms with Crippen LogP contribution in [0.25, 0.3) is 11.3 Å². The fourth-order valence-electron chi connectivity index (χ4n) is 2.54. The Balaban J connectivity index is 1.68. The zero-order valence-corrected chi connectivity index (χ0v) is 18.9. The van der Waals surface area contributed by atoms with Crippen LogP contribution in [0.4, 0.5) is 0 Å². The summed E-state index contributed by atoms with van der Waals surface area (Å²) in [5.41, 5.74) is 3.82. The molecule has 0 spiro atoms. The first-order valence-electron chi connectivity index (χ1n) is 8.58.